The van der Waals surface area contributed by atoms with E-state index in [0.717, 1.165) is 15.6 Å². The molecule has 1 aromatic carbocycles. The second-order valence-electron chi connectivity index (χ2n) is 2.54. The highest BCUT2D eigenvalue weighted by Crippen LogP contribution is 2.23. The van der Waals surface area contributed by atoms with Gasteiger partial charge in [0, 0.05) is 4.47 Å². The molecule has 0 saturated heterocycles. The maximum Gasteiger partial charge on any atom is 0.186 e. The van der Waals surface area contributed by atoms with Gasteiger partial charge in [0.25, 0.3) is 0 Å². The van der Waals surface area contributed by atoms with Crippen LogP contribution in [0.5, 0.6) is 0 Å². The molecule has 1 aromatic rings. The molecule has 0 aliphatic heterocycles. The van der Waals surface area contributed by atoms with E-state index in [1.165, 1.54) is 0 Å². The van der Waals surface area contributed by atoms with Gasteiger partial charge in [0.1, 0.15) is 0 Å². The maximum absolute atomic E-state index is 10.8. The van der Waals surface area contributed by atoms with Crippen LogP contribution in [0.25, 0.3) is 0 Å². The van der Waals surface area contributed by atoms with Gasteiger partial charge < -0.3 is 4.55 Å². The number of halogens is 1. The Morgan fingerprint density at radius 1 is 1.33 bits per heavy atom. The zero-order valence-corrected chi connectivity index (χ0v) is 9.20. The Morgan fingerprint density at radius 3 is 2.42 bits per heavy atom. The lowest BCUT2D eigenvalue weighted by Gasteiger charge is -2.06. The summed E-state index contributed by atoms with van der Waals surface area (Å²) in [5.74, 6) is 0. The van der Waals surface area contributed by atoms with Crippen LogP contribution in [-0.2, 0) is 11.1 Å². The lowest BCUT2D eigenvalue weighted by molar-refractivity contribution is 0.563. The Morgan fingerprint density at radius 2 is 1.92 bits per heavy atom. The predicted octanol–water partition coefficient (Wildman–Crippen LogP) is 2.65. The van der Waals surface area contributed by atoms with Gasteiger partial charge in [0.2, 0.25) is 0 Å². The maximum atomic E-state index is 10.8. The second kappa shape index (κ2) is 3.68. The smallest absolute Gasteiger partial charge is 0.186 e. The summed E-state index contributed by atoms with van der Waals surface area (Å²) in [5.41, 5.74) is 1.88. The summed E-state index contributed by atoms with van der Waals surface area (Å²) in [4.78, 5) is 0.482. The molecule has 1 unspecified atom stereocenters. The van der Waals surface area contributed by atoms with E-state index in [1.807, 2.05) is 13.8 Å². The Hall–Kier alpha value is -0.190. The number of hydrogen-bond acceptors (Lipinski definition) is 1. The molecule has 0 fully saturated rings. The monoisotopic (exact) mass is 248 g/mol. The van der Waals surface area contributed by atoms with E-state index in [9.17, 15) is 4.21 Å². The van der Waals surface area contributed by atoms with E-state index in [-0.39, 0.29) is 0 Å². The van der Waals surface area contributed by atoms with Gasteiger partial charge in [0.15, 0.2) is 11.1 Å². The van der Waals surface area contributed by atoms with Gasteiger partial charge >= 0.3 is 0 Å². The van der Waals surface area contributed by atoms with Crippen molar-refractivity contribution < 1.29 is 8.76 Å². The minimum Gasteiger partial charge on any atom is -0.302 e. The molecule has 0 bridgehead atoms. The van der Waals surface area contributed by atoms with Crippen LogP contribution in [0.2, 0.25) is 0 Å². The van der Waals surface area contributed by atoms with Gasteiger partial charge in [-0.25, -0.2) is 4.21 Å². The van der Waals surface area contributed by atoms with E-state index < -0.39 is 11.1 Å². The van der Waals surface area contributed by atoms with Crippen LogP contribution in [0.4, 0.5) is 0 Å². The summed E-state index contributed by atoms with van der Waals surface area (Å²) in [6.45, 7) is 3.75. The molecule has 0 spiro atoms. The van der Waals surface area contributed by atoms with Crippen molar-refractivity contribution >= 4 is 27.0 Å². The Kier molecular flexibility index (Phi) is 3.04. The van der Waals surface area contributed by atoms with E-state index in [4.69, 9.17) is 4.55 Å². The van der Waals surface area contributed by atoms with E-state index in [2.05, 4.69) is 15.9 Å². The summed E-state index contributed by atoms with van der Waals surface area (Å²) in [6, 6.07) is 3.44. The molecule has 66 valence electrons. The summed E-state index contributed by atoms with van der Waals surface area (Å²) < 4.78 is 20.6. The lowest BCUT2D eigenvalue weighted by Crippen LogP contribution is -1.95. The molecule has 0 radical (unpaired) electrons. The first-order valence-corrected chi connectivity index (χ1v) is 5.30. The topological polar surface area (TPSA) is 37.3 Å². The molecule has 0 aromatic heterocycles. The number of benzene rings is 1. The number of rotatable bonds is 1. The van der Waals surface area contributed by atoms with Gasteiger partial charge in [-0.1, -0.05) is 15.9 Å². The minimum absolute atomic E-state index is 0.482. The molecule has 0 aliphatic carbocycles. The first-order chi connectivity index (χ1) is 5.54. The quantitative estimate of drug-likeness (QED) is 0.777. The average Bonchev–Trinajstić information content (AvgIpc) is 2.00. The normalized spacial score (nSPS) is 13.0. The largest absolute Gasteiger partial charge is 0.302 e. The fourth-order valence-corrected chi connectivity index (χ4v) is 1.98. The molecule has 1 atom stereocenters. The van der Waals surface area contributed by atoms with Crippen LogP contribution in [0.3, 0.4) is 0 Å². The van der Waals surface area contributed by atoms with Gasteiger partial charge in [0.05, 0.1) is 4.90 Å². The zero-order valence-electron chi connectivity index (χ0n) is 6.80. The van der Waals surface area contributed by atoms with Crippen molar-refractivity contribution in [3.05, 3.63) is 27.7 Å². The third-order valence-corrected chi connectivity index (χ3v) is 3.54. The molecule has 0 saturated carbocycles. The summed E-state index contributed by atoms with van der Waals surface area (Å²) >= 11 is 1.47. The Balaban J connectivity index is 3.36. The summed E-state index contributed by atoms with van der Waals surface area (Å²) in [6.07, 6.45) is 0. The summed E-state index contributed by atoms with van der Waals surface area (Å²) in [7, 11) is 0. The SMILES string of the molecule is Cc1c(Br)ccc(S(=O)O)c1C. The summed E-state index contributed by atoms with van der Waals surface area (Å²) in [5, 5.41) is 0. The first kappa shape index (κ1) is 9.89. The molecule has 0 aliphatic rings. The Bertz CT molecular complexity index is 336. The lowest BCUT2D eigenvalue weighted by atomic mass is 10.1. The van der Waals surface area contributed by atoms with Crippen LogP contribution in [0.1, 0.15) is 11.1 Å². The standard InChI is InChI=1S/C8H9BrO2S/c1-5-6(2)8(12(10)11)4-3-7(5)9/h3-4H,1-2H3,(H,10,11). The third kappa shape index (κ3) is 1.76. The average molecular weight is 249 g/mol. The van der Waals surface area contributed by atoms with Gasteiger partial charge in [-0.05, 0) is 37.1 Å². The van der Waals surface area contributed by atoms with Gasteiger partial charge in [-0.15, -0.1) is 0 Å². The van der Waals surface area contributed by atoms with Crippen molar-refractivity contribution in [2.45, 2.75) is 18.7 Å². The fraction of sp³-hybridized carbons (Fsp3) is 0.250. The van der Waals surface area contributed by atoms with Gasteiger partial charge in [-0.3, -0.25) is 0 Å². The zero-order chi connectivity index (χ0) is 9.30. The molecular formula is C8H9BrO2S. The first-order valence-electron chi connectivity index (χ1n) is 3.40. The second-order valence-corrected chi connectivity index (χ2v) is 4.34. The third-order valence-electron chi connectivity index (χ3n) is 1.86. The minimum atomic E-state index is -1.88. The van der Waals surface area contributed by atoms with Crippen LogP contribution in [0.15, 0.2) is 21.5 Å². The highest BCUT2D eigenvalue weighted by Gasteiger charge is 2.07. The van der Waals surface area contributed by atoms with Crippen molar-refractivity contribution in [3.8, 4) is 0 Å². The molecule has 2 nitrogen and oxygen atoms in total. The van der Waals surface area contributed by atoms with Crippen LogP contribution in [0, 0.1) is 13.8 Å². The van der Waals surface area contributed by atoms with Crippen molar-refractivity contribution in [1.82, 2.24) is 0 Å². The molecule has 0 amide bonds. The fourth-order valence-electron chi connectivity index (χ4n) is 0.952. The highest BCUT2D eigenvalue weighted by molar-refractivity contribution is 9.10. The highest BCUT2D eigenvalue weighted by atomic mass is 79.9. The van der Waals surface area contributed by atoms with E-state index in [1.54, 1.807) is 12.1 Å². The Labute approximate surface area is 82.4 Å². The van der Waals surface area contributed by atoms with E-state index in [0.29, 0.717) is 4.90 Å². The predicted molar refractivity (Wildman–Crippen MR) is 52.7 cm³/mol. The molecule has 12 heavy (non-hydrogen) atoms. The van der Waals surface area contributed by atoms with Crippen LogP contribution in [-0.4, -0.2) is 8.76 Å². The van der Waals surface area contributed by atoms with E-state index >= 15 is 0 Å². The molecule has 4 heteroatoms. The van der Waals surface area contributed by atoms with Gasteiger partial charge in [-0.2, -0.15) is 0 Å². The van der Waals surface area contributed by atoms with Crippen molar-refractivity contribution in [1.29, 1.82) is 0 Å². The molecular weight excluding hydrogens is 240 g/mol. The van der Waals surface area contributed by atoms with Crippen molar-refractivity contribution in [2.75, 3.05) is 0 Å². The van der Waals surface area contributed by atoms with Crippen LogP contribution >= 0.6 is 15.9 Å². The van der Waals surface area contributed by atoms with Crippen LogP contribution < -0.4 is 0 Å². The van der Waals surface area contributed by atoms with Crippen molar-refractivity contribution in [3.63, 3.8) is 0 Å². The molecule has 1 N–H and O–H groups in total. The van der Waals surface area contributed by atoms with Crippen molar-refractivity contribution in [2.24, 2.45) is 0 Å². The number of hydrogen-bond donors (Lipinski definition) is 1. The molecule has 1 rings (SSSR count). The molecule has 0 heterocycles.